The fourth-order valence-corrected chi connectivity index (χ4v) is 5.05. The third-order valence-electron chi connectivity index (χ3n) is 6.68. The Morgan fingerprint density at radius 2 is 1.25 bits per heavy atom. The van der Waals surface area contributed by atoms with Crippen molar-refractivity contribution in [3.8, 4) is 0 Å². The molecule has 8 nitrogen and oxygen atoms in total. The van der Waals surface area contributed by atoms with Gasteiger partial charge in [0.2, 0.25) is 0 Å². The first-order valence-electron chi connectivity index (χ1n) is 16.2. The first-order valence-corrected chi connectivity index (χ1v) is 17.7. The number of carbonyl (C=O) groups is 1. The lowest BCUT2D eigenvalue weighted by molar-refractivity contribution is -0.154. The van der Waals surface area contributed by atoms with Crippen molar-refractivity contribution < 1.29 is 32.8 Å². The van der Waals surface area contributed by atoms with Crippen LogP contribution in [0.3, 0.4) is 0 Å². The van der Waals surface area contributed by atoms with Crippen LogP contribution >= 0.6 is 7.82 Å². The van der Waals surface area contributed by atoms with Gasteiger partial charge in [-0.15, -0.1) is 0 Å². The summed E-state index contributed by atoms with van der Waals surface area (Å²) in [4.78, 5) is 22.0. The second kappa shape index (κ2) is 29.7. The highest BCUT2D eigenvalue weighted by Crippen LogP contribution is 2.43. The van der Waals surface area contributed by atoms with Gasteiger partial charge in [0.25, 0.3) is 0 Å². The molecule has 0 spiro atoms. The Labute approximate surface area is 245 Å². The van der Waals surface area contributed by atoms with E-state index in [9.17, 15) is 14.3 Å². The number of allylic oxidation sites excluding steroid dienone is 2. The summed E-state index contributed by atoms with van der Waals surface area (Å²) in [5.41, 5.74) is 5.31. The van der Waals surface area contributed by atoms with E-state index in [4.69, 9.17) is 24.3 Å². The van der Waals surface area contributed by atoms with Crippen LogP contribution in [0.5, 0.6) is 0 Å². The van der Waals surface area contributed by atoms with Crippen molar-refractivity contribution in [3.63, 3.8) is 0 Å². The number of ether oxygens (including phenoxy) is 2. The number of esters is 1. The quantitative estimate of drug-likeness (QED) is 0.0357. The van der Waals surface area contributed by atoms with E-state index in [-0.39, 0.29) is 32.3 Å². The van der Waals surface area contributed by atoms with E-state index in [2.05, 4.69) is 26.0 Å². The van der Waals surface area contributed by atoms with Crippen LogP contribution in [-0.4, -0.2) is 49.9 Å². The lowest BCUT2D eigenvalue weighted by Gasteiger charge is -2.20. The molecular weight excluding hydrogens is 529 g/mol. The molecule has 9 heteroatoms. The molecule has 0 heterocycles. The van der Waals surface area contributed by atoms with Crippen LogP contribution in [0.4, 0.5) is 0 Å². The number of nitrogens with two attached hydrogens (primary N) is 1. The molecule has 0 rings (SSSR count). The molecule has 0 aromatic carbocycles. The molecule has 0 saturated heterocycles. The highest BCUT2D eigenvalue weighted by atomic mass is 31.2. The first kappa shape index (κ1) is 39.2. The lowest BCUT2D eigenvalue weighted by Crippen LogP contribution is -2.28. The molecule has 40 heavy (non-hydrogen) atoms. The molecular formula is C31H62NO7P. The molecule has 3 N–H and O–H groups in total. The largest absolute Gasteiger partial charge is 0.472 e. The Hall–Kier alpha value is -0.760. The van der Waals surface area contributed by atoms with Crippen LogP contribution in [0.1, 0.15) is 142 Å². The minimum atomic E-state index is -4.25. The molecule has 0 amide bonds. The van der Waals surface area contributed by atoms with Crippen molar-refractivity contribution in [1.82, 2.24) is 0 Å². The Balaban J connectivity index is 3.99. The van der Waals surface area contributed by atoms with Gasteiger partial charge in [-0.2, -0.15) is 0 Å². The van der Waals surface area contributed by atoms with Gasteiger partial charge in [-0.25, -0.2) is 4.57 Å². The Morgan fingerprint density at radius 3 is 1.82 bits per heavy atom. The number of hydrogen-bond donors (Lipinski definition) is 2. The summed E-state index contributed by atoms with van der Waals surface area (Å²) in [5, 5.41) is 0. The summed E-state index contributed by atoms with van der Waals surface area (Å²) in [6.07, 6.45) is 26.9. The Kier molecular flexibility index (Phi) is 29.2. The summed E-state index contributed by atoms with van der Waals surface area (Å²) in [7, 11) is -4.25. The van der Waals surface area contributed by atoms with Gasteiger partial charge in [0.1, 0.15) is 6.10 Å². The summed E-state index contributed by atoms with van der Waals surface area (Å²) in [5.74, 6) is -0.346. The standard InChI is InChI=1S/C31H62NO7P/c1-3-5-7-9-10-11-12-13-14-15-16-17-18-19-21-23-26-36-28-30(29-38-40(34,35)37-27-25-32)39-31(33)24-22-20-8-6-4-2/h13-14,30H,3-12,15-29,32H2,1-2H3,(H,34,35)/b14-13-. The summed E-state index contributed by atoms with van der Waals surface area (Å²) in [6, 6.07) is 0. The van der Waals surface area contributed by atoms with Crippen LogP contribution in [0.15, 0.2) is 12.2 Å². The van der Waals surface area contributed by atoms with Crippen LogP contribution in [-0.2, 0) is 27.9 Å². The molecule has 0 radical (unpaired) electrons. The van der Waals surface area contributed by atoms with Crippen molar-refractivity contribution in [2.45, 2.75) is 148 Å². The van der Waals surface area contributed by atoms with Gasteiger partial charge in [0.05, 0.1) is 19.8 Å². The van der Waals surface area contributed by atoms with E-state index in [1.807, 2.05) is 0 Å². The van der Waals surface area contributed by atoms with Crippen molar-refractivity contribution in [3.05, 3.63) is 12.2 Å². The molecule has 238 valence electrons. The number of hydrogen-bond acceptors (Lipinski definition) is 7. The van der Waals surface area contributed by atoms with Crippen LogP contribution in [0, 0.1) is 0 Å². The molecule has 0 aromatic rings. The molecule has 0 bridgehead atoms. The molecule has 0 fully saturated rings. The molecule has 0 saturated carbocycles. The number of phosphoric ester groups is 1. The smallest absolute Gasteiger partial charge is 0.457 e. The van der Waals surface area contributed by atoms with Gasteiger partial charge in [-0.05, 0) is 38.5 Å². The highest BCUT2D eigenvalue weighted by Gasteiger charge is 2.25. The minimum absolute atomic E-state index is 0.0948. The Morgan fingerprint density at radius 1 is 0.725 bits per heavy atom. The van der Waals surface area contributed by atoms with E-state index < -0.39 is 13.9 Å². The van der Waals surface area contributed by atoms with Gasteiger partial charge in [0, 0.05) is 19.6 Å². The minimum Gasteiger partial charge on any atom is -0.457 e. The second-order valence-corrected chi connectivity index (χ2v) is 12.1. The SMILES string of the molecule is CCCCCCCC/C=C\CCCCCCCCOCC(COP(=O)(O)OCCN)OC(=O)CCCCCCC. The van der Waals surface area contributed by atoms with E-state index >= 15 is 0 Å². The van der Waals surface area contributed by atoms with Crippen molar-refractivity contribution in [2.75, 3.05) is 33.0 Å². The van der Waals surface area contributed by atoms with Crippen molar-refractivity contribution in [2.24, 2.45) is 5.73 Å². The Bertz CT molecular complexity index is 633. The third-order valence-corrected chi connectivity index (χ3v) is 7.67. The second-order valence-electron chi connectivity index (χ2n) is 10.7. The average Bonchev–Trinajstić information content (AvgIpc) is 2.94. The van der Waals surface area contributed by atoms with E-state index in [1.165, 1.54) is 77.0 Å². The van der Waals surface area contributed by atoms with Crippen LogP contribution in [0.25, 0.3) is 0 Å². The number of carbonyl (C=O) groups excluding carboxylic acids is 1. The summed E-state index contributed by atoms with van der Waals surface area (Å²) >= 11 is 0. The van der Waals surface area contributed by atoms with Gasteiger partial charge < -0.3 is 20.1 Å². The molecule has 2 unspecified atom stereocenters. The summed E-state index contributed by atoms with van der Waals surface area (Å²) < 4.78 is 32.9. The van der Waals surface area contributed by atoms with Crippen LogP contribution < -0.4 is 5.73 Å². The molecule has 0 aromatic heterocycles. The van der Waals surface area contributed by atoms with E-state index in [1.54, 1.807) is 0 Å². The number of phosphoric acid groups is 1. The maximum absolute atomic E-state index is 12.3. The molecule has 2 atom stereocenters. The lowest BCUT2D eigenvalue weighted by atomic mass is 10.1. The maximum atomic E-state index is 12.3. The zero-order valence-electron chi connectivity index (χ0n) is 25.8. The predicted molar refractivity (Wildman–Crippen MR) is 164 cm³/mol. The van der Waals surface area contributed by atoms with Crippen molar-refractivity contribution >= 4 is 13.8 Å². The van der Waals surface area contributed by atoms with Gasteiger partial charge in [-0.1, -0.05) is 109 Å². The fraction of sp³-hybridized carbons (Fsp3) is 0.903. The van der Waals surface area contributed by atoms with Crippen LogP contribution in [0.2, 0.25) is 0 Å². The van der Waals surface area contributed by atoms with Crippen molar-refractivity contribution in [1.29, 1.82) is 0 Å². The summed E-state index contributed by atoms with van der Waals surface area (Å²) in [6.45, 7) is 4.80. The highest BCUT2D eigenvalue weighted by molar-refractivity contribution is 7.47. The molecule has 0 aliphatic heterocycles. The van der Waals surface area contributed by atoms with Gasteiger partial charge in [-0.3, -0.25) is 13.8 Å². The number of rotatable bonds is 31. The number of unbranched alkanes of at least 4 members (excludes halogenated alkanes) is 16. The zero-order valence-corrected chi connectivity index (χ0v) is 26.7. The topological polar surface area (TPSA) is 117 Å². The zero-order chi connectivity index (χ0) is 29.6. The van der Waals surface area contributed by atoms with Gasteiger partial charge >= 0.3 is 13.8 Å². The predicted octanol–water partition coefficient (Wildman–Crippen LogP) is 8.41. The maximum Gasteiger partial charge on any atom is 0.472 e. The normalized spacial score (nSPS) is 14.0. The molecule has 0 aliphatic carbocycles. The fourth-order valence-electron chi connectivity index (χ4n) is 4.28. The molecule has 0 aliphatic rings. The van der Waals surface area contributed by atoms with E-state index in [0.717, 1.165) is 44.9 Å². The monoisotopic (exact) mass is 591 g/mol. The first-order chi connectivity index (χ1) is 19.4. The average molecular weight is 592 g/mol. The van der Waals surface area contributed by atoms with E-state index in [0.29, 0.717) is 13.0 Å². The third kappa shape index (κ3) is 28.8. The van der Waals surface area contributed by atoms with Gasteiger partial charge in [0.15, 0.2) is 0 Å².